The highest BCUT2D eigenvalue weighted by Gasteiger charge is 2.35. The van der Waals surface area contributed by atoms with Crippen LogP contribution >= 0.6 is 0 Å². The third-order valence-corrected chi connectivity index (χ3v) is 5.91. The lowest BCUT2D eigenvalue weighted by atomic mass is 9.99. The second-order valence-corrected chi connectivity index (χ2v) is 7.67. The van der Waals surface area contributed by atoms with E-state index in [1.54, 1.807) is 6.20 Å². The van der Waals surface area contributed by atoms with Crippen LogP contribution in [0.3, 0.4) is 0 Å². The second kappa shape index (κ2) is 7.67. The van der Waals surface area contributed by atoms with Crippen molar-refractivity contribution in [1.29, 1.82) is 0 Å². The zero-order valence-electron chi connectivity index (χ0n) is 16.9. The van der Waals surface area contributed by atoms with Crippen LogP contribution in [0.1, 0.15) is 30.3 Å². The molecule has 0 N–H and O–H groups in total. The number of carbonyl (C=O) groups is 1. The van der Waals surface area contributed by atoms with E-state index in [2.05, 4.69) is 40.0 Å². The van der Waals surface area contributed by atoms with Gasteiger partial charge in [0.15, 0.2) is 0 Å². The number of rotatable bonds is 4. The van der Waals surface area contributed by atoms with E-state index in [-0.39, 0.29) is 18.0 Å². The number of fused-ring (bicyclic) bond motifs is 1. The molecule has 0 radical (unpaired) electrons. The van der Waals surface area contributed by atoms with Gasteiger partial charge in [0.2, 0.25) is 5.91 Å². The normalized spacial score (nSPS) is 16.8. The van der Waals surface area contributed by atoms with Crippen LogP contribution in [0.25, 0.3) is 11.4 Å². The predicted octanol–water partition coefficient (Wildman–Crippen LogP) is 4.54. The number of benzene rings is 2. The Hall–Kier alpha value is -3.60. The summed E-state index contributed by atoms with van der Waals surface area (Å²) in [5, 5.41) is 0. The first-order valence-electron chi connectivity index (χ1n) is 10.3. The largest absolute Gasteiger partial charge is 0.348 e. The fourth-order valence-corrected chi connectivity index (χ4v) is 4.40. The van der Waals surface area contributed by atoms with Gasteiger partial charge in [-0.2, -0.15) is 0 Å². The highest BCUT2D eigenvalue weighted by Crippen LogP contribution is 2.34. The van der Waals surface area contributed by atoms with Gasteiger partial charge < -0.3 is 14.0 Å². The number of hydrogen-bond donors (Lipinski definition) is 0. The van der Waals surface area contributed by atoms with Gasteiger partial charge in [0.05, 0.1) is 6.04 Å². The summed E-state index contributed by atoms with van der Waals surface area (Å²) in [6, 6.07) is 24.0. The third-order valence-electron chi connectivity index (χ3n) is 5.91. The Morgan fingerprint density at radius 2 is 1.67 bits per heavy atom. The van der Waals surface area contributed by atoms with Gasteiger partial charge in [0.1, 0.15) is 11.9 Å². The highest BCUT2D eigenvalue weighted by molar-refractivity contribution is 5.82. The summed E-state index contributed by atoms with van der Waals surface area (Å²) in [4.78, 5) is 20.3. The van der Waals surface area contributed by atoms with Gasteiger partial charge in [-0.15, -0.1) is 0 Å². The maximum atomic E-state index is 13.8. The quantitative estimate of drug-likeness (QED) is 0.508. The fraction of sp³-hybridized carbons (Fsp3) is 0.200. The standard InChI is InChI=1S/C25H24N4O/c1-19(28-16-14-26-24(28)21-11-6-3-7-12-21)25(30)29-18-17-27-15-8-13-22(27)23(29)20-9-4-2-5-10-20/h2-16,19,23H,17-18H2,1H3. The number of carbonyl (C=O) groups excluding carboxylic acids is 1. The molecule has 5 nitrogen and oxygen atoms in total. The minimum Gasteiger partial charge on any atom is -0.348 e. The Morgan fingerprint density at radius 1 is 0.933 bits per heavy atom. The fourth-order valence-electron chi connectivity index (χ4n) is 4.40. The third kappa shape index (κ3) is 3.12. The van der Waals surface area contributed by atoms with Crippen molar-refractivity contribution < 1.29 is 4.79 Å². The Kier molecular flexibility index (Phi) is 4.71. The van der Waals surface area contributed by atoms with E-state index in [1.807, 2.05) is 71.1 Å². The SMILES string of the molecule is CC(C(=O)N1CCn2cccc2C1c1ccccc1)n1ccnc1-c1ccccc1. The summed E-state index contributed by atoms with van der Waals surface area (Å²) in [7, 11) is 0. The van der Waals surface area contributed by atoms with Crippen molar-refractivity contribution in [3.63, 3.8) is 0 Å². The van der Waals surface area contributed by atoms with Crippen LogP contribution in [0.5, 0.6) is 0 Å². The Balaban J connectivity index is 1.51. The van der Waals surface area contributed by atoms with Crippen molar-refractivity contribution in [2.75, 3.05) is 6.54 Å². The number of nitrogens with zero attached hydrogens (tertiary/aromatic N) is 4. The number of aromatic nitrogens is 3. The lowest BCUT2D eigenvalue weighted by Gasteiger charge is -2.39. The average molecular weight is 396 g/mol. The maximum Gasteiger partial charge on any atom is 0.246 e. The zero-order valence-corrected chi connectivity index (χ0v) is 16.9. The molecular formula is C25H24N4O. The summed E-state index contributed by atoms with van der Waals surface area (Å²) >= 11 is 0. The van der Waals surface area contributed by atoms with E-state index in [0.717, 1.165) is 29.2 Å². The van der Waals surface area contributed by atoms with Gasteiger partial charge >= 0.3 is 0 Å². The molecule has 2 atom stereocenters. The van der Waals surface area contributed by atoms with Crippen LogP contribution in [0.15, 0.2) is 91.4 Å². The van der Waals surface area contributed by atoms with E-state index in [9.17, 15) is 4.79 Å². The van der Waals surface area contributed by atoms with Crippen LogP contribution in [0, 0.1) is 0 Å². The molecule has 1 amide bonds. The Bertz CT molecular complexity index is 1150. The summed E-state index contributed by atoms with van der Waals surface area (Å²) < 4.78 is 4.23. The molecule has 150 valence electrons. The van der Waals surface area contributed by atoms with Crippen molar-refractivity contribution >= 4 is 5.91 Å². The molecule has 30 heavy (non-hydrogen) atoms. The molecule has 0 saturated carbocycles. The first-order valence-corrected chi connectivity index (χ1v) is 10.3. The Labute approximate surface area is 176 Å². The second-order valence-electron chi connectivity index (χ2n) is 7.67. The van der Waals surface area contributed by atoms with Gasteiger partial charge in [-0.05, 0) is 24.6 Å². The number of hydrogen-bond acceptors (Lipinski definition) is 2. The molecule has 1 aliphatic heterocycles. The van der Waals surface area contributed by atoms with Crippen molar-refractivity contribution in [2.24, 2.45) is 0 Å². The van der Waals surface area contributed by atoms with Gasteiger partial charge in [-0.25, -0.2) is 4.98 Å². The molecule has 1 aliphatic rings. The topological polar surface area (TPSA) is 43.1 Å². The lowest BCUT2D eigenvalue weighted by molar-refractivity contribution is -0.137. The molecule has 0 saturated heterocycles. The van der Waals surface area contributed by atoms with Crippen LogP contribution in [-0.2, 0) is 11.3 Å². The van der Waals surface area contributed by atoms with E-state index in [1.165, 1.54) is 0 Å². The highest BCUT2D eigenvalue weighted by atomic mass is 16.2. The number of amides is 1. The molecule has 5 heteroatoms. The zero-order chi connectivity index (χ0) is 20.5. The molecule has 0 aliphatic carbocycles. The lowest BCUT2D eigenvalue weighted by Crippen LogP contribution is -2.45. The minimum atomic E-state index is -0.351. The molecule has 2 unspecified atom stereocenters. The minimum absolute atomic E-state index is 0.0893. The summed E-state index contributed by atoms with van der Waals surface area (Å²) in [6.45, 7) is 3.45. The van der Waals surface area contributed by atoms with Crippen molar-refractivity contribution in [3.05, 3.63) is 103 Å². The molecule has 0 fully saturated rings. The molecular weight excluding hydrogens is 372 g/mol. The van der Waals surface area contributed by atoms with E-state index in [4.69, 9.17) is 0 Å². The van der Waals surface area contributed by atoms with Gasteiger partial charge in [0, 0.05) is 42.9 Å². The van der Waals surface area contributed by atoms with Crippen LogP contribution in [0.2, 0.25) is 0 Å². The average Bonchev–Trinajstić information content (AvgIpc) is 3.48. The summed E-state index contributed by atoms with van der Waals surface area (Å²) in [6.07, 6.45) is 5.76. The van der Waals surface area contributed by atoms with Crippen molar-refractivity contribution in [3.8, 4) is 11.4 Å². The molecule has 0 spiro atoms. The first kappa shape index (κ1) is 18.4. The Morgan fingerprint density at radius 3 is 2.43 bits per heavy atom. The van der Waals surface area contributed by atoms with Crippen LogP contribution in [-0.4, -0.2) is 31.5 Å². The molecule has 2 aromatic carbocycles. The maximum absolute atomic E-state index is 13.8. The van der Waals surface area contributed by atoms with Crippen molar-refractivity contribution in [2.45, 2.75) is 25.6 Å². The molecule has 2 aromatic heterocycles. The summed E-state index contributed by atoms with van der Waals surface area (Å²) in [5.41, 5.74) is 3.29. The van der Waals surface area contributed by atoms with Crippen LogP contribution < -0.4 is 0 Å². The monoisotopic (exact) mass is 396 g/mol. The molecule has 3 heterocycles. The predicted molar refractivity (Wildman–Crippen MR) is 117 cm³/mol. The van der Waals surface area contributed by atoms with Gasteiger partial charge in [0.25, 0.3) is 0 Å². The molecule has 5 rings (SSSR count). The molecule has 4 aromatic rings. The van der Waals surface area contributed by atoms with Crippen LogP contribution in [0.4, 0.5) is 0 Å². The summed E-state index contributed by atoms with van der Waals surface area (Å²) in [5.74, 6) is 0.916. The van der Waals surface area contributed by atoms with Gasteiger partial charge in [-0.1, -0.05) is 60.7 Å². The van der Waals surface area contributed by atoms with Gasteiger partial charge in [-0.3, -0.25) is 4.79 Å². The van der Waals surface area contributed by atoms with E-state index >= 15 is 0 Å². The first-order chi connectivity index (χ1) is 14.7. The number of imidazole rings is 1. The van der Waals surface area contributed by atoms with E-state index < -0.39 is 0 Å². The van der Waals surface area contributed by atoms with E-state index in [0.29, 0.717) is 6.54 Å². The molecule has 0 bridgehead atoms. The van der Waals surface area contributed by atoms with Crippen molar-refractivity contribution in [1.82, 2.24) is 19.0 Å². The smallest absolute Gasteiger partial charge is 0.246 e.